The largest absolute Gasteiger partial charge is 0.497 e. The Kier molecular flexibility index (Phi) is 8.30. The van der Waals surface area contributed by atoms with Crippen LogP contribution >= 0.6 is 0 Å². The molecule has 6 heteroatoms. The lowest BCUT2D eigenvalue weighted by atomic mass is 10.1. The SMILES string of the molecule is COc1ccc(CCC(=O)N2CCN(CC(=O)N(C(C)C)C(C)C)CC2)cc1. The Balaban J connectivity index is 1.76. The number of aryl methyl sites for hydroxylation is 1. The number of rotatable bonds is 8. The standard InChI is InChI=1S/C22H35N3O3/c1-17(2)25(18(3)4)22(27)16-23-12-14-24(15-13-23)21(26)11-8-19-6-9-20(28-5)10-7-19/h6-7,9-10,17-18H,8,11-16H2,1-5H3. The highest BCUT2D eigenvalue weighted by Crippen LogP contribution is 2.14. The lowest BCUT2D eigenvalue weighted by molar-refractivity contribution is -0.137. The van der Waals surface area contributed by atoms with Crippen LogP contribution in [0, 0.1) is 0 Å². The van der Waals surface area contributed by atoms with Crippen molar-refractivity contribution in [1.82, 2.24) is 14.7 Å². The van der Waals surface area contributed by atoms with Gasteiger partial charge in [-0.15, -0.1) is 0 Å². The van der Waals surface area contributed by atoms with Crippen molar-refractivity contribution in [1.29, 1.82) is 0 Å². The molecule has 0 bridgehead atoms. The molecular weight excluding hydrogens is 354 g/mol. The average Bonchev–Trinajstić information content (AvgIpc) is 2.66. The summed E-state index contributed by atoms with van der Waals surface area (Å²) >= 11 is 0. The van der Waals surface area contributed by atoms with Crippen LogP contribution in [0.1, 0.15) is 39.7 Å². The van der Waals surface area contributed by atoms with E-state index in [1.54, 1.807) is 7.11 Å². The lowest BCUT2D eigenvalue weighted by Gasteiger charge is -2.37. The van der Waals surface area contributed by atoms with Crippen molar-refractivity contribution < 1.29 is 14.3 Å². The van der Waals surface area contributed by atoms with E-state index in [1.165, 1.54) is 0 Å². The third-order valence-corrected chi connectivity index (χ3v) is 5.27. The minimum absolute atomic E-state index is 0.171. The number of carbonyl (C=O) groups is 2. The number of ether oxygens (including phenoxy) is 1. The van der Waals surface area contributed by atoms with E-state index in [2.05, 4.69) is 32.6 Å². The minimum Gasteiger partial charge on any atom is -0.497 e. The molecule has 2 amide bonds. The van der Waals surface area contributed by atoms with Crippen molar-refractivity contribution in [2.24, 2.45) is 0 Å². The van der Waals surface area contributed by atoms with Crippen LogP contribution in [0.2, 0.25) is 0 Å². The van der Waals surface area contributed by atoms with Gasteiger partial charge in [0.05, 0.1) is 13.7 Å². The van der Waals surface area contributed by atoms with E-state index >= 15 is 0 Å². The molecule has 0 aliphatic carbocycles. The summed E-state index contributed by atoms with van der Waals surface area (Å²) in [7, 11) is 1.65. The monoisotopic (exact) mass is 389 g/mol. The first kappa shape index (κ1) is 22.2. The number of nitrogens with zero attached hydrogens (tertiary/aromatic N) is 3. The van der Waals surface area contributed by atoms with Crippen molar-refractivity contribution in [3.05, 3.63) is 29.8 Å². The molecule has 0 aromatic heterocycles. The zero-order valence-corrected chi connectivity index (χ0v) is 18.0. The first-order valence-corrected chi connectivity index (χ1v) is 10.3. The summed E-state index contributed by atoms with van der Waals surface area (Å²) in [6.07, 6.45) is 1.25. The van der Waals surface area contributed by atoms with Crippen LogP contribution in [-0.4, -0.2) is 78.4 Å². The van der Waals surface area contributed by atoms with E-state index < -0.39 is 0 Å². The second-order valence-electron chi connectivity index (χ2n) is 7.99. The highest BCUT2D eigenvalue weighted by atomic mass is 16.5. The molecule has 1 aromatic carbocycles. The molecule has 28 heavy (non-hydrogen) atoms. The van der Waals surface area contributed by atoms with Crippen molar-refractivity contribution in [3.63, 3.8) is 0 Å². The van der Waals surface area contributed by atoms with Crippen molar-refractivity contribution in [3.8, 4) is 5.75 Å². The Bertz CT molecular complexity index is 627. The molecule has 1 aromatic rings. The Morgan fingerprint density at radius 2 is 1.57 bits per heavy atom. The van der Waals surface area contributed by atoms with Gasteiger partial charge in [-0.25, -0.2) is 0 Å². The maximum Gasteiger partial charge on any atom is 0.237 e. The van der Waals surface area contributed by atoms with Gasteiger partial charge in [-0.05, 0) is 51.8 Å². The van der Waals surface area contributed by atoms with Gasteiger partial charge >= 0.3 is 0 Å². The van der Waals surface area contributed by atoms with Gasteiger partial charge in [0.15, 0.2) is 0 Å². The van der Waals surface area contributed by atoms with Crippen LogP contribution in [0.25, 0.3) is 0 Å². The molecule has 0 radical (unpaired) electrons. The third-order valence-electron chi connectivity index (χ3n) is 5.27. The molecule has 6 nitrogen and oxygen atoms in total. The first-order valence-electron chi connectivity index (χ1n) is 10.3. The lowest BCUT2D eigenvalue weighted by Crippen LogP contribution is -2.53. The van der Waals surface area contributed by atoms with E-state index in [0.29, 0.717) is 26.1 Å². The number of hydrogen-bond donors (Lipinski definition) is 0. The van der Waals surface area contributed by atoms with Crippen molar-refractivity contribution >= 4 is 11.8 Å². The smallest absolute Gasteiger partial charge is 0.237 e. The van der Waals surface area contributed by atoms with Crippen molar-refractivity contribution in [2.45, 2.75) is 52.6 Å². The van der Waals surface area contributed by atoms with Gasteiger partial charge in [0.1, 0.15) is 5.75 Å². The molecule has 156 valence electrons. The van der Waals surface area contributed by atoms with E-state index in [1.807, 2.05) is 34.1 Å². The molecule has 1 aliphatic heterocycles. The number of carbonyl (C=O) groups excluding carboxylic acids is 2. The minimum atomic E-state index is 0.171. The molecule has 0 unspecified atom stereocenters. The number of amides is 2. The zero-order chi connectivity index (χ0) is 20.7. The molecule has 0 spiro atoms. The van der Waals surface area contributed by atoms with Crippen LogP contribution in [0.15, 0.2) is 24.3 Å². The molecule has 0 saturated carbocycles. The number of benzene rings is 1. The summed E-state index contributed by atoms with van der Waals surface area (Å²) in [5.74, 6) is 1.19. The second-order valence-corrected chi connectivity index (χ2v) is 7.99. The molecule has 2 rings (SSSR count). The fraction of sp³-hybridized carbons (Fsp3) is 0.636. The summed E-state index contributed by atoms with van der Waals surface area (Å²) in [6, 6.07) is 8.26. The summed E-state index contributed by atoms with van der Waals surface area (Å²) in [4.78, 5) is 31.1. The van der Waals surface area contributed by atoms with E-state index in [-0.39, 0.29) is 23.9 Å². The highest BCUT2D eigenvalue weighted by molar-refractivity contribution is 5.79. The summed E-state index contributed by atoms with van der Waals surface area (Å²) in [5, 5.41) is 0. The number of methoxy groups -OCH3 is 1. The van der Waals surface area contributed by atoms with Crippen LogP contribution in [-0.2, 0) is 16.0 Å². The Morgan fingerprint density at radius 3 is 2.07 bits per heavy atom. The fourth-order valence-corrected chi connectivity index (χ4v) is 3.80. The van der Waals surface area contributed by atoms with Gasteiger partial charge in [-0.3, -0.25) is 14.5 Å². The molecule has 1 saturated heterocycles. The van der Waals surface area contributed by atoms with Gasteiger partial charge in [0.25, 0.3) is 0 Å². The van der Waals surface area contributed by atoms with Gasteiger partial charge in [0.2, 0.25) is 11.8 Å². The summed E-state index contributed by atoms with van der Waals surface area (Å²) in [6.45, 7) is 11.5. The molecule has 1 heterocycles. The third kappa shape index (κ3) is 6.23. The highest BCUT2D eigenvalue weighted by Gasteiger charge is 2.26. The average molecular weight is 390 g/mol. The predicted molar refractivity (Wildman–Crippen MR) is 111 cm³/mol. The molecular formula is C22H35N3O3. The quantitative estimate of drug-likeness (QED) is 0.685. The van der Waals surface area contributed by atoms with E-state index in [9.17, 15) is 9.59 Å². The maximum atomic E-state index is 12.6. The number of piperazine rings is 1. The second kappa shape index (κ2) is 10.5. The van der Waals surface area contributed by atoms with E-state index in [4.69, 9.17) is 4.74 Å². The van der Waals surface area contributed by atoms with Crippen molar-refractivity contribution in [2.75, 3.05) is 39.8 Å². The van der Waals surface area contributed by atoms with Gasteiger partial charge in [-0.2, -0.15) is 0 Å². The fourth-order valence-electron chi connectivity index (χ4n) is 3.80. The Morgan fingerprint density at radius 1 is 1.00 bits per heavy atom. The molecule has 0 N–H and O–H groups in total. The van der Waals surface area contributed by atoms with Gasteiger partial charge in [-0.1, -0.05) is 12.1 Å². The van der Waals surface area contributed by atoms with Gasteiger partial charge in [0, 0.05) is 44.7 Å². The van der Waals surface area contributed by atoms with Crippen LogP contribution in [0.5, 0.6) is 5.75 Å². The summed E-state index contributed by atoms with van der Waals surface area (Å²) < 4.78 is 5.16. The van der Waals surface area contributed by atoms with E-state index in [0.717, 1.165) is 30.8 Å². The Labute approximate surface area is 169 Å². The summed E-state index contributed by atoms with van der Waals surface area (Å²) in [5.41, 5.74) is 1.14. The zero-order valence-electron chi connectivity index (χ0n) is 18.0. The van der Waals surface area contributed by atoms with Gasteiger partial charge < -0.3 is 14.5 Å². The Hall–Kier alpha value is -2.08. The first-order chi connectivity index (χ1) is 13.3. The van der Waals surface area contributed by atoms with Crippen LogP contribution in [0.4, 0.5) is 0 Å². The molecule has 1 fully saturated rings. The predicted octanol–water partition coefficient (Wildman–Crippen LogP) is 2.42. The van der Waals surface area contributed by atoms with Crippen LogP contribution in [0.3, 0.4) is 0 Å². The normalized spacial score (nSPS) is 15.2. The number of hydrogen-bond acceptors (Lipinski definition) is 4. The maximum absolute atomic E-state index is 12.6. The molecule has 1 aliphatic rings. The van der Waals surface area contributed by atoms with Crippen LogP contribution < -0.4 is 4.74 Å². The molecule has 0 atom stereocenters. The topological polar surface area (TPSA) is 53.1 Å².